The minimum Gasteiger partial charge on any atom is -0.534 e. The number of phenols is 1. The van der Waals surface area contributed by atoms with Gasteiger partial charge >= 0.3 is 19.1 Å². The lowest BCUT2D eigenvalue weighted by Crippen LogP contribution is -2.39. The number of phenolic OH excluding ortho intramolecular Hbond substituents is 1. The van der Waals surface area contributed by atoms with Gasteiger partial charge in [-0.2, -0.15) is 0 Å². The van der Waals surface area contributed by atoms with Crippen LogP contribution in [0.4, 0.5) is 22.7 Å². The summed E-state index contributed by atoms with van der Waals surface area (Å²) in [5.74, 6) is 3.95. The van der Waals surface area contributed by atoms with Gasteiger partial charge in [0.25, 0.3) is 11.4 Å². The van der Waals surface area contributed by atoms with Crippen LogP contribution >= 0.6 is 78.1 Å². The normalized spacial score (nSPS) is 15.3. The van der Waals surface area contributed by atoms with E-state index in [0.717, 1.165) is 77.6 Å². The number of benzene rings is 5. The maximum absolute atomic E-state index is 12.3. The van der Waals surface area contributed by atoms with Crippen LogP contribution in [0.3, 0.4) is 0 Å². The average Bonchev–Trinajstić information content (AvgIpc) is 1.62. The molecule has 12 heterocycles. The van der Waals surface area contributed by atoms with Crippen molar-refractivity contribution in [1.29, 1.82) is 0 Å². The van der Waals surface area contributed by atoms with Crippen molar-refractivity contribution in [2.24, 2.45) is 0 Å². The summed E-state index contributed by atoms with van der Waals surface area (Å²) in [6.45, 7) is 8.97. The first-order chi connectivity index (χ1) is 54.2. The first kappa shape index (κ1) is 84.9. The van der Waals surface area contributed by atoms with Gasteiger partial charge in [0.05, 0.1) is 59.0 Å². The number of hydrogen-bond donors (Lipinski definition) is 7. The molecule has 4 unspecified atom stereocenters. The van der Waals surface area contributed by atoms with Crippen molar-refractivity contribution in [2.45, 2.75) is 64.1 Å². The molecular weight excluding hydrogens is 1800 g/mol. The highest BCUT2D eigenvalue weighted by Gasteiger charge is 2.40. The number of nitro groups is 2. The number of nitrogen functional groups attached to an aromatic ring is 2. The number of carbonyl (C=O) groups excluding carboxylic acids is 1. The molecule has 581 valence electrons. The van der Waals surface area contributed by atoms with E-state index in [1.165, 1.54) is 24.3 Å². The number of hydrogen-bond acceptors (Lipinski definition) is 24. The number of fused-ring (bicyclic) bond motifs is 2. The number of nitrogens with one attached hydrogen (secondary N) is 2. The fraction of sp³-hybridized carbons (Fsp3) is 0.208. The Morgan fingerprint density at radius 2 is 1.21 bits per heavy atom. The maximum atomic E-state index is 12.3. The Kier molecular flexibility index (Phi) is 31.7. The highest BCUT2D eigenvalue weighted by atomic mass is 127. The Hall–Kier alpha value is -11.1. The van der Waals surface area contributed by atoms with Crippen molar-refractivity contribution in [2.75, 3.05) is 48.1 Å². The molecule has 4 aliphatic rings. The van der Waals surface area contributed by atoms with Gasteiger partial charge in [-0.25, -0.2) is 9.59 Å². The van der Waals surface area contributed by atoms with Crippen molar-refractivity contribution in [3.8, 4) is 34.5 Å². The molecule has 4 atom stereocenters. The summed E-state index contributed by atoms with van der Waals surface area (Å²) in [6, 6.07) is 51.3. The molecule has 8 aromatic heterocycles. The van der Waals surface area contributed by atoms with E-state index in [9.17, 15) is 39.7 Å². The topological polar surface area (TPSA) is 428 Å². The number of aromatic nitrogens is 10. The van der Waals surface area contributed by atoms with Crippen LogP contribution in [-0.4, -0.2) is 124 Å². The summed E-state index contributed by atoms with van der Waals surface area (Å²) in [5, 5.41) is 53.1. The second-order valence-corrected chi connectivity index (χ2v) is 25.5. The molecule has 0 aliphatic carbocycles. The molecule has 1 radical (unpaired) electrons. The van der Waals surface area contributed by atoms with Crippen LogP contribution in [0.25, 0.3) is 22.1 Å². The summed E-state index contributed by atoms with van der Waals surface area (Å²) in [5.41, 5.74) is 18.9. The number of halogens is 4. The van der Waals surface area contributed by atoms with Crippen molar-refractivity contribution in [3.05, 3.63) is 303 Å². The quantitative estimate of drug-likeness (QED) is 0.00977. The summed E-state index contributed by atoms with van der Waals surface area (Å²) in [6.07, 6.45) is 9.46. The molecule has 0 saturated heterocycles. The molecule has 0 amide bonds. The summed E-state index contributed by atoms with van der Waals surface area (Å²) in [7, 11) is 0.604. The SMILES string of the molecule is Br.CC.Cc1noc(C)c1O[B]O.Nc1c(O)cccc1[N+](=O)[O-].Nc1cccc2c1CC(c1ccccn1)CO2.O=C(CBr)c1ccccn1.O=[N+]([O-])c1cccc2c1CC(O)(c1ccccn1)CO2.O=c1[nH]c2ccc(I)c3c2n1C(c1ccccn1)CO3.O=c1[nH]c2cccc3c2n1C(c1ccccn1)CO3.[2H]CI. The van der Waals surface area contributed by atoms with Gasteiger partial charge in [0, 0.05) is 80.7 Å². The smallest absolute Gasteiger partial charge is 0.534 e. The zero-order valence-electron chi connectivity index (χ0n) is 61.4. The van der Waals surface area contributed by atoms with Gasteiger partial charge in [0.15, 0.2) is 28.7 Å². The second-order valence-electron chi connectivity index (χ2n) is 23.8. The van der Waals surface area contributed by atoms with Crippen molar-refractivity contribution in [3.63, 3.8) is 0 Å². The van der Waals surface area contributed by atoms with Crippen LogP contribution in [0.5, 0.6) is 34.5 Å². The van der Waals surface area contributed by atoms with Gasteiger partial charge in [0.1, 0.15) is 82.9 Å². The third kappa shape index (κ3) is 21.1. The van der Waals surface area contributed by atoms with Crippen LogP contribution in [-0.2, 0) is 18.4 Å². The number of alkyl halides is 2. The molecule has 112 heavy (non-hydrogen) atoms. The number of nitrogens with zero attached hydrogens (tertiary/aromatic N) is 10. The van der Waals surface area contributed by atoms with E-state index in [2.05, 4.69) is 83.2 Å². The van der Waals surface area contributed by atoms with Crippen LogP contribution in [0.15, 0.2) is 221 Å². The lowest BCUT2D eigenvalue weighted by Gasteiger charge is -2.32. The Morgan fingerprint density at radius 3 is 1.76 bits per heavy atom. The Bertz CT molecular complexity index is 5400. The number of pyridine rings is 5. The molecule has 30 nitrogen and oxygen atoms in total. The predicted molar refractivity (Wildman–Crippen MR) is 449 cm³/mol. The monoisotopic (exact) mass is 1880 g/mol. The van der Waals surface area contributed by atoms with Gasteiger partial charge in [-0.15, -0.1) is 17.0 Å². The number of rotatable bonds is 10. The molecule has 0 bridgehead atoms. The number of H-pyrrole nitrogens is 2. The molecule has 13 aromatic rings. The number of aliphatic hydroxyl groups is 1. The lowest BCUT2D eigenvalue weighted by molar-refractivity contribution is -0.386. The standard InChI is InChI=1S/C14H10IN3O2.C14H11N3O2.C14H12N2O4.C14H14N2O.C7H6BrNO.C6H6N2O3.C5H7BNO3.C2H6.CH3I.BrH/c15-8-4-5-10-12-13(8)20-7-11(18(12)14(19)17-10)9-3-1-2-6-16-9;18-14-16-10-5-3-6-12-13(10)17(14)11(8-19-12)9-4-1-2-7-15-9;17-14(13-6-1-2-7-15-13)8-10-11(16(18)19)4-3-5-12(10)20-9-14;15-12-4-3-6-14-11(12)8-10(9-17-14)13-5-1-2-7-16-13;8-5-7(10)6-3-1-2-4-9-6;7-6-4(8(10)11)2-1-3-5(6)9;1-3-5(9-6-8)4(2)10-7-3;2*1-2;/h1-6,11H,7H2,(H,17,19);1-7,11H,8H2,(H,16,18);1-7,17H,8-9H2;1-7,10H,8-9,15H2;1-4H,5H2;1-3,9H,7H2;8H,1-2H3;1-2H3;1H3;1H/i;;;;;;;;1D;. The van der Waals surface area contributed by atoms with Gasteiger partial charge in [-0.1, -0.05) is 112 Å². The number of carbonyl (C=O) groups is 1. The number of ether oxygens (including phenoxy) is 4. The molecular formula is C77H76BBr2I2N14O16. The zero-order chi connectivity index (χ0) is 80.4. The first-order valence-electron chi connectivity index (χ1n) is 34.7. The Labute approximate surface area is 689 Å². The number of aryl methyl sites for hydroxylation is 2. The Morgan fingerprint density at radius 1 is 0.679 bits per heavy atom. The first-order valence-corrected chi connectivity index (χ1v) is 37.7. The predicted octanol–water partition coefficient (Wildman–Crippen LogP) is 13.6. The average molecular weight is 1880 g/mol. The van der Waals surface area contributed by atoms with Gasteiger partial charge in [-0.3, -0.25) is 59.1 Å². The summed E-state index contributed by atoms with van der Waals surface area (Å²) in [4.78, 5) is 82.8. The fourth-order valence-electron chi connectivity index (χ4n) is 11.8. The molecule has 5 aromatic carbocycles. The maximum Gasteiger partial charge on any atom is 0.569 e. The van der Waals surface area contributed by atoms with Gasteiger partial charge < -0.3 is 64.8 Å². The fourth-order valence-corrected chi connectivity index (χ4v) is 12.7. The van der Waals surface area contributed by atoms with Crippen molar-refractivity contribution < 1.29 is 59.4 Å². The third-order valence-electron chi connectivity index (χ3n) is 17.0. The highest BCUT2D eigenvalue weighted by molar-refractivity contribution is 14.1. The molecule has 4 aliphatic heterocycles. The summed E-state index contributed by atoms with van der Waals surface area (Å²) < 4.78 is 43.0. The highest BCUT2D eigenvalue weighted by Crippen LogP contribution is 2.41. The zero-order valence-corrected chi connectivity index (χ0v) is 68.0. The van der Waals surface area contributed by atoms with E-state index >= 15 is 0 Å². The second kappa shape index (κ2) is 41.8. The Balaban J connectivity index is 0.000000166. The number of aromatic amines is 2. The van der Waals surface area contributed by atoms with Gasteiger partial charge in [-0.05, 0) is 150 Å². The molecule has 0 spiro atoms. The minimum atomic E-state index is -1.35. The third-order valence-corrected chi connectivity index (χ3v) is 18.3. The van der Waals surface area contributed by atoms with Crippen LogP contribution in [0, 0.1) is 37.6 Å². The number of nitro benzene ring substituents is 2. The van der Waals surface area contributed by atoms with Gasteiger partial charge in [0.2, 0.25) is 0 Å². The number of imidazole rings is 2. The van der Waals surface area contributed by atoms with E-state index in [0.29, 0.717) is 83.6 Å². The molecule has 0 saturated carbocycles. The summed E-state index contributed by atoms with van der Waals surface area (Å²) >= 11 is 7.24. The largest absolute Gasteiger partial charge is 0.569 e. The van der Waals surface area contributed by atoms with E-state index in [1.54, 1.807) is 96.3 Å². The van der Waals surface area contributed by atoms with E-state index < -0.39 is 15.4 Å². The van der Waals surface area contributed by atoms with E-state index in [1.807, 2.05) is 146 Å². The molecule has 0 fully saturated rings. The molecule has 9 N–H and O–H groups in total. The number of para-hydroxylation sites is 2. The number of anilines is 2. The van der Waals surface area contributed by atoms with Crippen LogP contribution < -0.4 is 46.4 Å². The molecule has 17 rings (SSSR count). The van der Waals surface area contributed by atoms with Crippen LogP contribution in [0.1, 0.15) is 89.1 Å². The van der Waals surface area contributed by atoms with Crippen molar-refractivity contribution >= 4 is 136 Å². The number of aromatic hydroxyl groups is 1. The van der Waals surface area contributed by atoms with E-state index in [4.69, 9.17) is 46.4 Å². The van der Waals surface area contributed by atoms with Crippen LogP contribution in [0.2, 0.25) is 0 Å². The number of ketones is 1. The number of nitrogens with two attached hydrogens (primary N) is 2. The van der Waals surface area contributed by atoms with Crippen molar-refractivity contribution in [1.82, 2.24) is 49.2 Å². The number of Topliss-reactive ketones (excluding diaryl/α,β-unsaturated/α-hetero) is 1. The molecule has 35 heteroatoms. The van der Waals surface area contributed by atoms with E-state index in [-0.39, 0.29) is 82.1 Å². The lowest BCUT2D eigenvalue weighted by atomic mass is 9.88. The minimum absolute atomic E-state index is 0.